The molecule has 0 unspecified atom stereocenters. The minimum atomic E-state index is -3.77. The monoisotopic (exact) mass is 460 g/mol. The van der Waals surface area contributed by atoms with Gasteiger partial charge < -0.3 is 14.5 Å². The molecule has 0 aliphatic carbocycles. The number of ether oxygens (including phenoxy) is 1. The van der Waals surface area contributed by atoms with Crippen molar-refractivity contribution in [1.82, 2.24) is 4.31 Å². The average molecular weight is 461 g/mol. The van der Waals surface area contributed by atoms with E-state index < -0.39 is 21.7 Å². The summed E-state index contributed by atoms with van der Waals surface area (Å²) in [6.07, 6.45) is 0. The van der Waals surface area contributed by atoms with E-state index >= 15 is 0 Å². The maximum absolute atomic E-state index is 13.2. The van der Waals surface area contributed by atoms with Gasteiger partial charge in [0.05, 0.1) is 16.1 Å². The van der Waals surface area contributed by atoms with Gasteiger partial charge in [-0.2, -0.15) is 4.31 Å². The van der Waals surface area contributed by atoms with Gasteiger partial charge >= 0.3 is 0 Å². The average Bonchev–Trinajstić information content (AvgIpc) is 3.09. The van der Waals surface area contributed by atoms with Crippen LogP contribution in [0, 0.1) is 19.7 Å². The quantitative estimate of drug-likeness (QED) is 0.505. The predicted molar refractivity (Wildman–Crippen MR) is 119 cm³/mol. The molecule has 1 aromatic heterocycles. The number of hydrogen-bond donors (Lipinski definition) is 1. The van der Waals surface area contributed by atoms with Gasteiger partial charge in [0.2, 0.25) is 10.0 Å². The zero-order valence-electron chi connectivity index (χ0n) is 18.3. The Kier molecular flexibility index (Phi) is 7.00. The number of amides is 1. The van der Waals surface area contributed by atoms with Crippen LogP contribution in [-0.4, -0.2) is 31.7 Å². The first-order valence-corrected chi connectivity index (χ1v) is 11.6. The number of carbonyl (C=O) groups is 1. The van der Waals surface area contributed by atoms with E-state index in [0.29, 0.717) is 35.9 Å². The van der Waals surface area contributed by atoms with Crippen molar-refractivity contribution in [3.05, 3.63) is 71.4 Å². The van der Waals surface area contributed by atoms with Crippen LogP contribution >= 0.6 is 0 Å². The van der Waals surface area contributed by atoms with Gasteiger partial charge in [0, 0.05) is 13.1 Å². The Balaban J connectivity index is 2.03. The third-order valence-corrected chi connectivity index (χ3v) is 6.92. The molecule has 7 nitrogen and oxygen atoms in total. The molecule has 32 heavy (non-hydrogen) atoms. The molecule has 9 heteroatoms. The van der Waals surface area contributed by atoms with Crippen LogP contribution in [-0.2, 0) is 10.0 Å². The third kappa shape index (κ3) is 5.00. The first-order valence-electron chi connectivity index (χ1n) is 10.1. The molecule has 0 fully saturated rings. The molecule has 0 aliphatic heterocycles. The van der Waals surface area contributed by atoms with Crippen molar-refractivity contribution in [2.24, 2.45) is 0 Å². The van der Waals surface area contributed by atoms with Crippen molar-refractivity contribution in [2.75, 3.05) is 18.4 Å². The van der Waals surface area contributed by atoms with Crippen LogP contribution < -0.4 is 10.1 Å². The number of carbonyl (C=O) groups excluding carboxylic acids is 1. The van der Waals surface area contributed by atoms with E-state index in [2.05, 4.69) is 5.32 Å². The minimum Gasteiger partial charge on any atom is -0.466 e. The number of anilines is 1. The zero-order valence-corrected chi connectivity index (χ0v) is 19.1. The van der Waals surface area contributed by atoms with Crippen molar-refractivity contribution in [2.45, 2.75) is 32.6 Å². The van der Waals surface area contributed by atoms with E-state index in [-0.39, 0.29) is 16.3 Å². The van der Waals surface area contributed by atoms with E-state index in [0.717, 1.165) is 0 Å². The Bertz CT molecular complexity index is 1220. The lowest BCUT2D eigenvalue weighted by atomic mass is 10.2. The molecule has 1 heterocycles. The van der Waals surface area contributed by atoms with Crippen molar-refractivity contribution in [3.8, 4) is 11.5 Å². The molecule has 0 radical (unpaired) electrons. The molecule has 0 aliphatic rings. The standard InChI is InChI=1S/C23H25FN2O5S/c1-5-26(6-2)32(28,29)19-11-12-22(31-18-9-7-17(24)8-10-18)21(14-19)25-23(27)20-13-15(3)30-16(20)4/h7-14H,5-6H2,1-4H3,(H,25,27). The van der Waals surface area contributed by atoms with Crippen LogP contribution in [0.15, 0.2) is 57.8 Å². The van der Waals surface area contributed by atoms with Gasteiger partial charge in [-0.05, 0) is 62.4 Å². The lowest BCUT2D eigenvalue weighted by Gasteiger charge is -2.20. The molecular weight excluding hydrogens is 435 g/mol. The van der Waals surface area contributed by atoms with Crippen molar-refractivity contribution in [1.29, 1.82) is 0 Å². The summed E-state index contributed by atoms with van der Waals surface area (Å²) in [6.45, 7) is 7.51. The first-order chi connectivity index (χ1) is 15.1. The Morgan fingerprint density at radius 3 is 2.28 bits per heavy atom. The SMILES string of the molecule is CCN(CC)S(=O)(=O)c1ccc(Oc2ccc(F)cc2)c(NC(=O)c2cc(C)oc2C)c1. The highest BCUT2D eigenvalue weighted by Gasteiger charge is 2.24. The van der Waals surface area contributed by atoms with Crippen molar-refractivity contribution < 1.29 is 26.8 Å². The Hall–Kier alpha value is -3.17. The molecule has 2 aromatic carbocycles. The number of halogens is 1. The van der Waals surface area contributed by atoms with E-state index in [1.807, 2.05) is 0 Å². The molecule has 170 valence electrons. The van der Waals surface area contributed by atoms with Crippen LogP contribution in [0.5, 0.6) is 11.5 Å². The summed E-state index contributed by atoms with van der Waals surface area (Å²) in [5.41, 5.74) is 0.484. The fraction of sp³-hybridized carbons (Fsp3) is 0.261. The first kappa shape index (κ1) is 23.5. The van der Waals surface area contributed by atoms with E-state index in [1.165, 1.54) is 46.8 Å². The van der Waals surface area contributed by atoms with Crippen molar-refractivity contribution >= 4 is 21.6 Å². The van der Waals surface area contributed by atoms with Gasteiger partial charge in [-0.3, -0.25) is 4.79 Å². The zero-order chi connectivity index (χ0) is 23.5. The summed E-state index contributed by atoms with van der Waals surface area (Å²) in [6, 6.07) is 11.2. The van der Waals surface area contributed by atoms with Crippen LogP contribution in [0.25, 0.3) is 0 Å². The largest absolute Gasteiger partial charge is 0.466 e. The maximum atomic E-state index is 13.2. The number of nitrogens with zero attached hydrogens (tertiary/aromatic N) is 1. The van der Waals surface area contributed by atoms with Gasteiger partial charge in [-0.25, -0.2) is 12.8 Å². The van der Waals surface area contributed by atoms with E-state index in [4.69, 9.17) is 9.15 Å². The second-order valence-corrected chi connectivity index (χ2v) is 9.02. The van der Waals surface area contributed by atoms with Crippen molar-refractivity contribution in [3.63, 3.8) is 0 Å². The molecule has 0 spiro atoms. The molecule has 0 saturated carbocycles. The van der Waals surface area contributed by atoms with Gasteiger partial charge in [0.1, 0.15) is 23.1 Å². The number of nitrogens with one attached hydrogen (secondary N) is 1. The molecule has 0 bridgehead atoms. The molecule has 0 atom stereocenters. The lowest BCUT2D eigenvalue weighted by Crippen LogP contribution is -2.30. The fourth-order valence-corrected chi connectivity index (χ4v) is 4.73. The summed E-state index contributed by atoms with van der Waals surface area (Å²) in [4.78, 5) is 12.9. The number of sulfonamides is 1. The smallest absolute Gasteiger partial charge is 0.259 e. The topological polar surface area (TPSA) is 88.9 Å². The number of furan rings is 1. The summed E-state index contributed by atoms with van der Waals surface area (Å²) in [5, 5.41) is 2.72. The van der Waals surface area contributed by atoms with E-state index in [9.17, 15) is 17.6 Å². The van der Waals surface area contributed by atoms with E-state index in [1.54, 1.807) is 33.8 Å². The predicted octanol–water partition coefficient (Wildman–Crippen LogP) is 5.11. The minimum absolute atomic E-state index is 0.0167. The fourth-order valence-electron chi connectivity index (χ4n) is 3.24. The summed E-state index contributed by atoms with van der Waals surface area (Å²) in [7, 11) is -3.77. The normalized spacial score (nSPS) is 11.6. The molecule has 3 rings (SSSR count). The van der Waals surface area contributed by atoms with Gasteiger partial charge in [-0.1, -0.05) is 13.8 Å². The number of aryl methyl sites for hydroxylation is 2. The molecule has 1 N–H and O–H groups in total. The summed E-state index contributed by atoms with van der Waals surface area (Å²) >= 11 is 0. The Morgan fingerprint density at radius 2 is 1.72 bits per heavy atom. The molecule has 0 saturated heterocycles. The number of hydrogen-bond acceptors (Lipinski definition) is 5. The van der Waals surface area contributed by atoms with Gasteiger partial charge in [0.25, 0.3) is 5.91 Å². The van der Waals surface area contributed by atoms with Gasteiger partial charge in [0.15, 0.2) is 5.75 Å². The van der Waals surface area contributed by atoms with Gasteiger partial charge in [-0.15, -0.1) is 0 Å². The molecule has 3 aromatic rings. The van der Waals surface area contributed by atoms with Crippen LogP contribution in [0.3, 0.4) is 0 Å². The lowest BCUT2D eigenvalue weighted by molar-refractivity contribution is 0.102. The van der Waals surface area contributed by atoms with Crippen LogP contribution in [0.1, 0.15) is 35.7 Å². The molecule has 1 amide bonds. The number of benzene rings is 2. The second-order valence-electron chi connectivity index (χ2n) is 7.08. The molecular formula is C23H25FN2O5S. The summed E-state index contributed by atoms with van der Waals surface area (Å²) in [5.74, 6) is 0.664. The number of rotatable bonds is 8. The second kappa shape index (κ2) is 9.54. The highest BCUT2D eigenvalue weighted by Crippen LogP contribution is 2.33. The summed E-state index contributed by atoms with van der Waals surface area (Å²) < 4.78 is 51.7. The van der Waals surface area contributed by atoms with Crippen LogP contribution in [0.4, 0.5) is 10.1 Å². The third-order valence-electron chi connectivity index (χ3n) is 4.87. The highest BCUT2D eigenvalue weighted by molar-refractivity contribution is 7.89. The van der Waals surface area contributed by atoms with Crippen LogP contribution in [0.2, 0.25) is 0 Å². The Morgan fingerprint density at radius 1 is 1.06 bits per heavy atom. The maximum Gasteiger partial charge on any atom is 0.259 e. The Labute approximate surface area is 186 Å². The highest BCUT2D eigenvalue weighted by atomic mass is 32.2.